The van der Waals surface area contributed by atoms with Crippen LogP contribution >= 0.6 is 0 Å². The summed E-state index contributed by atoms with van der Waals surface area (Å²) in [6.45, 7) is 4.24. The Morgan fingerprint density at radius 2 is 2.12 bits per heavy atom. The van der Waals surface area contributed by atoms with E-state index in [1.165, 1.54) is 27.7 Å². The summed E-state index contributed by atoms with van der Waals surface area (Å²) in [5, 5.41) is 11.3. The fourth-order valence-electron chi connectivity index (χ4n) is 2.92. The number of aromatic amines is 1. The molecule has 2 N–H and O–H groups in total. The highest BCUT2D eigenvalue weighted by molar-refractivity contribution is 5.88. The van der Waals surface area contributed by atoms with Crippen molar-refractivity contribution in [2.45, 2.75) is 39.2 Å². The maximum absolute atomic E-state index is 10.1. The fraction of sp³-hybridized carbons (Fsp3) is 0.429. The molecule has 1 aromatic heterocycles. The molecule has 16 heavy (non-hydrogen) atoms. The van der Waals surface area contributed by atoms with Crippen LogP contribution in [0, 0.1) is 13.8 Å². The number of fused-ring (bicyclic) bond motifs is 3. The van der Waals surface area contributed by atoms with Gasteiger partial charge in [0.25, 0.3) is 0 Å². The second-order valence-electron chi connectivity index (χ2n) is 4.93. The zero-order chi connectivity index (χ0) is 11.3. The van der Waals surface area contributed by atoms with Crippen LogP contribution in [-0.2, 0) is 6.42 Å². The fourth-order valence-corrected chi connectivity index (χ4v) is 2.92. The minimum atomic E-state index is -0.279. The third-order valence-corrected chi connectivity index (χ3v) is 3.61. The predicted octanol–water partition coefficient (Wildman–Crippen LogP) is 3.15. The summed E-state index contributed by atoms with van der Waals surface area (Å²) in [7, 11) is 0. The highest BCUT2D eigenvalue weighted by Gasteiger charge is 2.23. The van der Waals surface area contributed by atoms with E-state index in [1.807, 2.05) is 0 Å². The first kappa shape index (κ1) is 9.91. The molecule has 0 aliphatic heterocycles. The van der Waals surface area contributed by atoms with Crippen molar-refractivity contribution in [1.29, 1.82) is 0 Å². The number of benzene rings is 1. The highest BCUT2D eigenvalue weighted by Crippen LogP contribution is 2.36. The smallest absolute Gasteiger partial charge is 0.0813 e. The molecule has 1 atom stereocenters. The first-order valence-corrected chi connectivity index (χ1v) is 5.96. The normalized spacial score (nSPS) is 20.1. The Hall–Kier alpha value is -1.28. The average Bonchev–Trinajstić information content (AvgIpc) is 2.58. The molecule has 0 saturated heterocycles. The monoisotopic (exact) mass is 215 g/mol. The summed E-state index contributed by atoms with van der Waals surface area (Å²) in [5.74, 6) is 0. The van der Waals surface area contributed by atoms with Crippen molar-refractivity contribution in [2.75, 3.05) is 0 Å². The van der Waals surface area contributed by atoms with Crippen molar-refractivity contribution in [2.24, 2.45) is 0 Å². The molecule has 2 nitrogen and oxygen atoms in total. The highest BCUT2D eigenvalue weighted by atomic mass is 16.3. The number of nitrogens with one attached hydrogen (secondary N) is 1. The Bertz CT molecular complexity index is 553. The minimum Gasteiger partial charge on any atom is -0.388 e. The first-order valence-electron chi connectivity index (χ1n) is 5.96. The number of aliphatic hydroxyl groups is 1. The van der Waals surface area contributed by atoms with Gasteiger partial charge in [0.2, 0.25) is 0 Å². The van der Waals surface area contributed by atoms with Crippen molar-refractivity contribution in [3.05, 3.63) is 34.5 Å². The molecule has 2 aromatic rings. The molecule has 1 aliphatic carbocycles. The van der Waals surface area contributed by atoms with Crippen LogP contribution < -0.4 is 0 Å². The van der Waals surface area contributed by atoms with Crippen LogP contribution in [0.2, 0.25) is 0 Å². The second-order valence-corrected chi connectivity index (χ2v) is 4.93. The number of H-pyrrole nitrogens is 1. The average molecular weight is 215 g/mol. The Balaban J connectivity index is 2.38. The van der Waals surface area contributed by atoms with E-state index in [2.05, 4.69) is 31.0 Å². The van der Waals surface area contributed by atoms with Gasteiger partial charge in [-0.15, -0.1) is 0 Å². The van der Waals surface area contributed by atoms with Crippen molar-refractivity contribution in [3.8, 4) is 0 Å². The third-order valence-electron chi connectivity index (χ3n) is 3.61. The van der Waals surface area contributed by atoms with Crippen molar-refractivity contribution >= 4 is 10.9 Å². The van der Waals surface area contributed by atoms with E-state index in [4.69, 9.17) is 0 Å². The Morgan fingerprint density at radius 3 is 2.94 bits per heavy atom. The van der Waals surface area contributed by atoms with Crippen LogP contribution in [0.4, 0.5) is 0 Å². The molecule has 1 unspecified atom stereocenters. The van der Waals surface area contributed by atoms with E-state index in [1.54, 1.807) is 0 Å². The SMILES string of the molecule is Cc1cc(C)c2[nH]c3c(c2c1)C(O)CCC3. The Labute approximate surface area is 95.3 Å². The number of hydrogen-bond donors (Lipinski definition) is 2. The summed E-state index contributed by atoms with van der Waals surface area (Å²) >= 11 is 0. The van der Waals surface area contributed by atoms with Crippen LogP contribution in [0.15, 0.2) is 12.1 Å². The van der Waals surface area contributed by atoms with Crippen molar-refractivity contribution in [1.82, 2.24) is 4.98 Å². The first-order chi connectivity index (χ1) is 7.66. The predicted molar refractivity (Wildman–Crippen MR) is 65.7 cm³/mol. The van der Waals surface area contributed by atoms with Gasteiger partial charge in [-0.25, -0.2) is 0 Å². The molecule has 0 amide bonds. The van der Waals surface area contributed by atoms with Gasteiger partial charge in [0.05, 0.1) is 6.10 Å². The maximum atomic E-state index is 10.1. The quantitative estimate of drug-likeness (QED) is 0.695. The van der Waals surface area contributed by atoms with Crippen molar-refractivity contribution in [3.63, 3.8) is 0 Å². The summed E-state index contributed by atoms with van der Waals surface area (Å²) in [6.07, 6.45) is 2.77. The summed E-state index contributed by atoms with van der Waals surface area (Å²) in [4.78, 5) is 3.48. The zero-order valence-electron chi connectivity index (χ0n) is 9.80. The second kappa shape index (κ2) is 3.36. The zero-order valence-corrected chi connectivity index (χ0v) is 9.80. The Morgan fingerprint density at radius 1 is 1.31 bits per heavy atom. The van der Waals surface area contributed by atoms with E-state index in [0.717, 1.165) is 24.8 Å². The van der Waals surface area contributed by atoms with Crippen LogP contribution in [-0.4, -0.2) is 10.1 Å². The minimum absolute atomic E-state index is 0.279. The number of rotatable bonds is 0. The van der Waals surface area contributed by atoms with Gasteiger partial charge in [0.1, 0.15) is 0 Å². The van der Waals surface area contributed by atoms with Gasteiger partial charge >= 0.3 is 0 Å². The number of aromatic nitrogens is 1. The lowest BCUT2D eigenvalue weighted by Crippen LogP contribution is -2.07. The molecule has 1 aliphatic rings. The topological polar surface area (TPSA) is 36.0 Å². The molecule has 0 saturated carbocycles. The summed E-state index contributed by atoms with van der Waals surface area (Å²) in [5.41, 5.74) is 6.13. The van der Waals surface area contributed by atoms with E-state index >= 15 is 0 Å². The van der Waals surface area contributed by atoms with Gasteiger partial charge in [-0.3, -0.25) is 0 Å². The molecule has 2 heteroatoms. The molecule has 0 spiro atoms. The van der Waals surface area contributed by atoms with E-state index in [0.29, 0.717) is 0 Å². The van der Waals surface area contributed by atoms with E-state index < -0.39 is 0 Å². The van der Waals surface area contributed by atoms with Crippen LogP contribution in [0.1, 0.15) is 41.3 Å². The lowest BCUT2D eigenvalue weighted by Gasteiger charge is -2.17. The molecule has 3 rings (SSSR count). The van der Waals surface area contributed by atoms with Gasteiger partial charge in [0, 0.05) is 22.2 Å². The number of aryl methyl sites for hydroxylation is 3. The van der Waals surface area contributed by atoms with E-state index in [-0.39, 0.29) is 6.10 Å². The molecule has 0 radical (unpaired) electrons. The summed E-state index contributed by atoms with van der Waals surface area (Å²) in [6, 6.07) is 4.38. The molecular weight excluding hydrogens is 198 g/mol. The largest absolute Gasteiger partial charge is 0.388 e. The standard InChI is InChI=1S/C14H17NO/c1-8-6-9(2)14-10(7-8)13-11(15-14)4-3-5-12(13)16/h6-7,12,15-16H,3-5H2,1-2H3. The molecule has 0 bridgehead atoms. The van der Waals surface area contributed by atoms with E-state index in [9.17, 15) is 5.11 Å². The molecule has 84 valence electrons. The van der Waals surface area contributed by atoms with Gasteiger partial charge in [-0.05, 0) is 44.7 Å². The third kappa shape index (κ3) is 1.30. The lowest BCUT2D eigenvalue weighted by atomic mass is 9.92. The molecule has 0 fully saturated rings. The van der Waals surface area contributed by atoms with Crippen molar-refractivity contribution < 1.29 is 5.11 Å². The van der Waals surface area contributed by atoms with Gasteiger partial charge in [-0.2, -0.15) is 0 Å². The van der Waals surface area contributed by atoms with Crippen LogP contribution in [0.5, 0.6) is 0 Å². The maximum Gasteiger partial charge on any atom is 0.0813 e. The number of hydrogen-bond acceptors (Lipinski definition) is 1. The van der Waals surface area contributed by atoms with Gasteiger partial charge < -0.3 is 10.1 Å². The number of aliphatic hydroxyl groups excluding tert-OH is 1. The van der Waals surface area contributed by atoms with Gasteiger partial charge in [-0.1, -0.05) is 11.6 Å². The van der Waals surface area contributed by atoms with Crippen LogP contribution in [0.3, 0.4) is 0 Å². The lowest BCUT2D eigenvalue weighted by molar-refractivity contribution is 0.158. The van der Waals surface area contributed by atoms with Gasteiger partial charge in [0.15, 0.2) is 0 Å². The van der Waals surface area contributed by atoms with Crippen LogP contribution in [0.25, 0.3) is 10.9 Å². The Kier molecular flexibility index (Phi) is 2.08. The molecule has 1 heterocycles. The molecular formula is C14H17NO. The summed E-state index contributed by atoms with van der Waals surface area (Å²) < 4.78 is 0. The molecule has 1 aromatic carbocycles.